The lowest BCUT2D eigenvalue weighted by molar-refractivity contribution is 1.02. The van der Waals surface area contributed by atoms with Crippen molar-refractivity contribution in [2.24, 2.45) is 0 Å². The topological polar surface area (TPSA) is 34.9 Å². The van der Waals surface area contributed by atoms with Gasteiger partial charge in [0.25, 0.3) is 0 Å². The first-order chi connectivity index (χ1) is 10.4. The third-order valence-corrected chi connectivity index (χ3v) is 4.76. The minimum atomic E-state index is -0.203. The van der Waals surface area contributed by atoms with Crippen molar-refractivity contribution < 1.29 is 0 Å². The molecular formula is C15H8BrCl3N2O. The highest BCUT2D eigenvalue weighted by atomic mass is 79.9. The molecule has 7 heteroatoms. The van der Waals surface area contributed by atoms with Crippen LogP contribution in [0, 0.1) is 6.92 Å². The minimum Gasteiger partial charge on any atom is -0.309 e. The number of pyridine rings is 2. The second-order valence-corrected chi connectivity index (χ2v) is 6.70. The Morgan fingerprint density at radius 3 is 2.45 bits per heavy atom. The van der Waals surface area contributed by atoms with Crippen LogP contribution < -0.4 is 5.43 Å². The van der Waals surface area contributed by atoms with Crippen LogP contribution in [0.3, 0.4) is 0 Å². The van der Waals surface area contributed by atoms with Crippen molar-refractivity contribution >= 4 is 61.6 Å². The van der Waals surface area contributed by atoms with Crippen LogP contribution in [0.15, 0.2) is 39.7 Å². The lowest BCUT2D eigenvalue weighted by Crippen LogP contribution is -2.13. The molecule has 112 valence electrons. The van der Waals surface area contributed by atoms with Crippen LogP contribution in [0.1, 0.15) is 5.69 Å². The Kier molecular flexibility index (Phi) is 4.21. The normalized spacial score (nSPS) is 11.1. The molecule has 0 aliphatic heterocycles. The van der Waals surface area contributed by atoms with Gasteiger partial charge in [-0.3, -0.25) is 4.79 Å². The number of aromatic nitrogens is 2. The quantitative estimate of drug-likeness (QED) is 0.495. The zero-order valence-electron chi connectivity index (χ0n) is 11.2. The Morgan fingerprint density at radius 2 is 1.82 bits per heavy atom. The monoisotopic (exact) mass is 416 g/mol. The summed E-state index contributed by atoms with van der Waals surface area (Å²) in [6, 6.07) is 6.73. The van der Waals surface area contributed by atoms with Crippen LogP contribution in [-0.2, 0) is 0 Å². The average molecular weight is 419 g/mol. The summed E-state index contributed by atoms with van der Waals surface area (Å²) in [5, 5.41) is 1.40. The number of para-hydroxylation sites is 1. The van der Waals surface area contributed by atoms with Gasteiger partial charge < -0.3 is 4.57 Å². The molecule has 0 N–H and O–H groups in total. The van der Waals surface area contributed by atoms with Crippen molar-refractivity contribution in [3.8, 4) is 5.69 Å². The summed E-state index contributed by atoms with van der Waals surface area (Å²) in [4.78, 5) is 16.3. The lowest BCUT2D eigenvalue weighted by atomic mass is 10.2. The van der Waals surface area contributed by atoms with Gasteiger partial charge in [0.15, 0.2) is 5.43 Å². The standard InChI is InChI=1S/C15H8BrCl3N2O/c1-7-5-11(22)12-13(8(16)6-20-15(12)19)21(7)14-9(17)3-2-4-10(14)18/h2-6H,1H3. The second-order valence-electron chi connectivity index (χ2n) is 4.68. The second kappa shape index (κ2) is 5.85. The molecule has 3 rings (SSSR count). The zero-order valence-corrected chi connectivity index (χ0v) is 15.1. The molecular weight excluding hydrogens is 410 g/mol. The molecule has 2 heterocycles. The summed E-state index contributed by atoms with van der Waals surface area (Å²) in [6.07, 6.45) is 1.55. The largest absolute Gasteiger partial charge is 0.309 e. The van der Waals surface area contributed by atoms with E-state index in [1.54, 1.807) is 35.9 Å². The number of rotatable bonds is 1. The van der Waals surface area contributed by atoms with Gasteiger partial charge in [-0.2, -0.15) is 0 Å². The van der Waals surface area contributed by atoms with Crippen LogP contribution in [-0.4, -0.2) is 9.55 Å². The van der Waals surface area contributed by atoms with Gasteiger partial charge in [0.05, 0.1) is 31.1 Å². The van der Waals surface area contributed by atoms with Crippen LogP contribution in [0.5, 0.6) is 0 Å². The Bertz CT molecular complexity index is 949. The maximum absolute atomic E-state index is 12.3. The Morgan fingerprint density at radius 1 is 1.18 bits per heavy atom. The van der Waals surface area contributed by atoms with Gasteiger partial charge in [0.2, 0.25) is 0 Å². The maximum atomic E-state index is 12.3. The summed E-state index contributed by atoms with van der Waals surface area (Å²) in [7, 11) is 0. The Balaban J connectivity index is 2.61. The zero-order chi connectivity index (χ0) is 16.0. The molecule has 0 amide bonds. The molecule has 0 atom stereocenters. The third kappa shape index (κ3) is 2.44. The molecule has 0 aliphatic carbocycles. The summed E-state index contributed by atoms with van der Waals surface area (Å²) in [6.45, 7) is 1.81. The molecule has 0 fully saturated rings. The van der Waals surface area contributed by atoms with Crippen molar-refractivity contribution in [3.63, 3.8) is 0 Å². The number of nitrogens with zero attached hydrogens (tertiary/aromatic N) is 2. The molecule has 0 saturated carbocycles. The van der Waals surface area contributed by atoms with Crippen molar-refractivity contribution in [2.45, 2.75) is 6.92 Å². The molecule has 0 saturated heterocycles. The lowest BCUT2D eigenvalue weighted by Gasteiger charge is -2.18. The minimum absolute atomic E-state index is 0.139. The van der Waals surface area contributed by atoms with Crippen LogP contribution in [0.2, 0.25) is 15.2 Å². The van der Waals surface area contributed by atoms with Gasteiger partial charge in [0.1, 0.15) is 5.15 Å². The van der Waals surface area contributed by atoms with E-state index >= 15 is 0 Å². The smallest absolute Gasteiger partial charge is 0.192 e. The maximum Gasteiger partial charge on any atom is 0.192 e. The first-order valence-electron chi connectivity index (χ1n) is 6.22. The summed E-state index contributed by atoms with van der Waals surface area (Å²) >= 11 is 22.2. The van der Waals surface area contributed by atoms with Gasteiger partial charge in [-0.15, -0.1) is 0 Å². The Hall–Kier alpha value is -1.07. The van der Waals surface area contributed by atoms with Crippen LogP contribution in [0.4, 0.5) is 0 Å². The number of halogens is 4. The van der Waals surface area contributed by atoms with E-state index in [0.717, 1.165) is 0 Å². The number of benzene rings is 1. The fourth-order valence-electron chi connectivity index (χ4n) is 2.39. The van der Waals surface area contributed by atoms with Gasteiger partial charge in [-0.25, -0.2) is 4.98 Å². The summed E-state index contributed by atoms with van der Waals surface area (Å²) < 4.78 is 2.43. The molecule has 22 heavy (non-hydrogen) atoms. The molecule has 0 bridgehead atoms. The molecule has 0 radical (unpaired) electrons. The molecule has 1 aromatic carbocycles. The third-order valence-electron chi connectivity index (χ3n) is 3.28. The van der Waals surface area contributed by atoms with Gasteiger partial charge >= 0.3 is 0 Å². The van der Waals surface area contributed by atoms with Crippen LogP contribution >= 0.6 is 50.7 Å². The summed E-state index contributed by atoms with van der Waals surface area (Å²) in [5.41, 5.74) is 1.66. The first kappa shape index (κ1) is 15.8. The van der Waals surface area contributed by atoms with E-state index < -0.39 is 0 Å². The SMILES string of the molecule is Cc1cc(=O)c2c(Cl)ncc(Br)c2n1-c1c(Cl)cccc1Cl. The number of hydrogen-bond donors (Lipinski definition) is 0. The van der Waals surface area contributed by atoms with E-state index in [9.17, 15) is 4.79 Å². The van der Waals surface area contributed by atoms with E-state index in [0.29, 0.717) is 36.8 Å². The van der Waals surface area contributed by atoms with Crippen molar-refractivity contribution in [1.82, 2.24) is 9.55 Å². The fourth-order valence-corrected chi connectivity index (χ4v) is 3.66. The van der Waals surface area contributed by atoms with E-state index in [2.05, 4.69) is 20.9 Å². The highest BCUT2D eigenvalue weighted by Gasteiger charge is 2.18. The Labute approximate surface area is 149 Å². The molecule has 0 unspecified atom stereocenters. The highest BCUT2D eigenvalue weighted by Crippen LogP contribution is 2.35. The first-order valence-corrected chi connectivity index (χ1v) is 8.15. The molecule has 0 spiro atoms. The van der Waals surface area contributed by atoms with Gasteiger partial charge in [-0.1, -0.05) is 40.9 Å². The van der Waals surface area contributed by atoms with E-state index in [1.807, 2.05) is 0 Å². The van der Waals surface area contributed by atoms with Crippen molar-refractivity contribution in [3.05, 3.63) is 66.1 Å². The van der Waals surface area contributed by atoms with E-state index in [-0.39, 0.29) is 10.6 Å². The van der Waals surface area contributed by atoms with E-state index in [4.69, 9.17) is 34.8 Å². The summed E-state index contributed by atoms with van der Waals surface area (Å²) in [5.74, 6) is 0. The van der Waals surface area contributed by atoms with E-state index in [1.165, 1.54) is 6.07 Å². The van der Waals surface area contributed by atoms with Crippen LogP contribution in [0.25, 0.3) is 16.6 Å². The highest BCUT2D eigenvalue weighted by molar-refractivity contribution is 9.10. The molecule has 0 aliphatic rings. The number of fused-ring (bicyclic) bond motifs is 1. The number of hydrogen-bond acceptors (Lipinski definition) is 2. The average Bonchev–Trinajstić information content (AvgIpc) is 2.44. The molecule has 2 aromatic heterocycles. The molecule has 3 nitrogen and oxygen atoms in total. The van der Waals surface area contributed by atoms with Gasteiger partial charge in [0, 0.05) is 18.0 Å². The number of aryl methyl sites for hydroxylation is 1. The molecule has 3 aromatic rings. The predicted octanol–water partition coefficient (Wildman–Crippen LogP) is 5.42. The fraction of sp³-hybridized carbons (Fsp3) is 0.0667. The van der Waals surface area contributed by atoms with Crippen molar-refractivity contribution in [1.29, 1.82) is 0 Å². The van der Waals surface area contributed by atoms with Gasteiger partial charge in [-0.05, 0) is 35.0 Å². The predicted molar refractivity (Wildman–Crippen MR) is 94.8 cm³/mol. The van der Waals surface area contributed by atoms with Crippen molar-refractivity contribution in [2.75, 3.05) is 0 Å².